The maximum absolute atomic E-state index is 13.6. The Balaban J connectivity index is 2.09. The van der Waals surface area contributed by atoms with Crippen LogP contribution < -0.4 is 15.7 Å². The molecule has 29 heavy (non-hydrogen) atoms. The van der Waals surface area contributed by atoms with Crippen LogP contribution >= 0.6 is 18.9 Å². The summed E-state index contributed by atoms with van der Waals surface area (Å²) in [5.41, 5.74) is 3.88. The standard InChI is InChI=1S/C21H23N2O4PS/c1-13-9-10-18(14(2)11-13)28(26,27-4)23-17-12-19(29-20(17)21(24)25)15-7-5-6-8-16(15)22-3/h5-12,22H,1-4H3,(H,23,26)(H,24,25). The number of carboxylic acids is 1. The SMILES string of the molecule is CNc1ccccc1-c1cc(NP(=O)(OC)c2ccc(C)cc2C)c(C(=O)O)s1. The zero-order chi connectivity index (χ0) is 21.2. The van der Waals surface area contributed by atoms with Crippen molar-refractivity contribution in [2.75, 3.05) is 24.6 Å². The predicted molar refractivity (Wildman–Crippen MR) is 120 cm³/mol. The van der Waals surface area contributed by atoms with E-state index in [1.54, 1.807) is 12.1 Å². The third-order valence-electron chi connectivity index (χ3n) is 4.58. The second kappa shape index (κ2) is 8.41. The number of rotatable bonds is 7. The summed E-state index contributed by atoms with van der Waals surface area (Å²) in [6.07, 6.45) is 0. The minimum absolute atomic E-state index is 0.0768. The number of aryl methyl sites for hydroxylation is 2. The number of carboxylic acid groups (broad SMARTS) is 1. The smallest absolute Gasteiger partial charge is 0.348 e. The zero-order valence-electron chi connectivity index (χ0n) is 16.6. The van der Waals surface area contributed by atoms with Gasteiger partial charge in [0.25, 0.3) is 0 Å². The lowest BCUT2D eigenvalue weighted by molar-refractivity contribution is 0.0703. The van der Waals surface area contributed by atoms with Crippen molar-refractivity contribution in [2.24, 2.45) is 0 Å². The number of hydrogen-bond donors (Lipinski definition) is 3. The first kappa shape index (κ1) is 21.1. The van der Waals surface area contributed by atoms with Crippen molar-refractivity contribution in [3.63, 3.8) is 0 Å². The van der Waals surface area contributed by atoms with Gasteiger partial charge in [0.2, 0.25) is 0 Å². The summed E-state index contributed by atoms with van der Waals surface area (Å²) in [5, 5.41) is 16.2. The molecule has 0 aliphatic rings. The highest BCUT2D eigenvalue weighted by molar-refractivity contribution is 7.68. The minimum Gasteiger partial charge on any atom is -0.477 e. The molecule has 0 fully saturated rings. The molecule has 152 valence electrons. The predicted octanol–water partition coefficient (Wildman–Crippen LogP) is 5.35. The van der Waals surface area contributed by atoms with Crippen LogP contribution in [0.4, 0.5) is 11.4 Å². The highest BCUT2D eigenvalue weighted by Crippen LogP contribution is 2.49. The van der Waals surface area contributed by atoms with Crippen molar-refractivity contribution in [1.82, 2.24) is 0 Å². The molecule has 3 aromatic rings. The van der Waals surface area contributed by atoms with Crippen LogP contribution in [0.25, 0.3) is 10.4 Å². The zero-order valence-corrected chi connectivity index (χ0v) is 18.4. The lowest BCUT2D eigenvalue weighted by atomic mass is 10.1. The fourth-order valence-electron chi connectivity index (χ4n) is 3.18. The molecule has 0 amide bonds. The highest BCUT2D eigenvalue weighted by Gasteiger charge is 2.30. The van der Waals surface area contributed by atoms with E-state index in [0.29, 0.717) is 5.30 Å². The van der Waals surface area contributed by atoms with Crippen LogP contribution in [0.5, 0.6) is 0 Å². The summed E-state index contributed by atoms with van der Waals surface area (Å²) < 4.78 is 19.0. The molecule has 0 aliphatic carbocycles. The van der Waals surface area contributed by atoms with Gasteiger partial charge in [-0.2, -0.15) is 0 Å². The van der Waals surface area contributed by atoms with E-state index in [1.807, 2.05) is 57.3 Å². The van der Waals surface area contributed by atoms with Crippen molar-refractivity contribution >= 4 is 41.5 Å². The van der Waals surface area contributed by atoms with Crippen molar-refractivity contribution in [2.45, 2.75) is 13.8 Å². The van der Waals surface area contributed by atoms with Gasteiger partial charge in [0, 0.05) is 30.3 Å². The number of anilines is 2. The third kappa shape index (κ3) is 4.22. The van der Waals surface area contributed by atoms with E-state index in [-0.39, 0.29) is 10.6 Å². The van der Waals surface area contributed by atoms with E-state index in [9.17, 15) is 14.5 Å². The van der Waals surface area contributed by atoms with Crippen molar-refractivity contribution in [1.29, 1.82) is 0 Å². The van der Waals surface area contributed by atoms with Crippen molar-refractivity contribution < 1.29 is 19.0 Å². The van der Waals surface area contributed by atoms with Crippen LogP contribution in [0, 0.1) is 13.8 Å². The maximum Gasteiger partial charge on any atom is 0.348 e. The lowest BCUT2D eigenvalue weighted by Gasteiger charge is -2.20. The van der Waals surface area contributed by atoms with Crippen LogP contribution in [-0.4, -0.2) is 25.2 Å². The molecule has 1 atom stereocenters. The number of thiophene rings is 1. The molecule has 0 bridgehead atoms. The van der Waals surface area contributed by atoms with Gasteiger partial charge in [-0.15, -0.1) is 11.3 Å². The summed E-state index contributed by atoms with van der Waals surface area (Å²) in [5.74, 6) is -1.09. The summed E-state index contributed by atoms with van der Waals surface area (Å²) >= 11 is 1.12. The van der Waals surface area contributed by atoms with E-state index in [2.05, 4.69) is 10.4 Å². The van der Waals surface area contributed by atoms with Crippen LogP contribution in [0.15, 0.2) is 48.5 Å². The quantitative estimate of drug-likeness (QED) is 0.438. The van der Waals surface area contributed by atoms with Gasteiger partial charge < -0.3 is 20.0 Å². The average Bonchev–Trinajstić information content (AvgIpc) is 3.11. The third-order valence-corrected chi connectivity index (χ3v) is 7.92. The second-order valence-electron chi connectivity index (χ2n) is 6.59. The first-order valence-electron chi connectivity index (χ1n) is 8.95. The molecule has 3 N–H and O–H groups in total. The molecule has 0 spiro atoms. The Morgan fingerprint density at radius 2 is 1.83 bits per heavy atom. The number of benzene rings is 2. The van der Waals surface area contributed by atoms with Gasteiger partial charge in [-0.05, 0) is 37.6 Å². The minimum atomic E-state index is -3.52. The Labute approximate surface area is 174 Å². The average molecular weight is 430 g/mol. The number of para-hydroxylation sites is 1. The summed E-state index contributed by atoms with van der Waals surface area (Å²) in [7, 11) is -0.351. The van der Waals surface area contributed by atoms with Crippen LogP contribution in [-0.2, 0) is 9.09 Å². The van der Waals surface area contributed by atoms with E-state index < -0.39 is 13.5 Å². The van der Waals surface area contributed by atoms with Gasteiger partial charge in [0.1, 0.15) is 4.88 Å². The fourth-order valence-corrected chi connectivity index (χ4v) is 5.95. The first-order valence-corrected chi connectivity index (χ1v) is 11.4. The molecular formula is C21H23N2O4PS. The molecule has 1 unspecified atom stereocenters. The van der Waals surface area contributed by atoms with Gasteiger partial charge in [0.05, 0.1) is 11.0 Å². The van der Waals surface area contributed by atoms with Gasteiger partial charge in [-0.25, -0.2) is 4.79 Å². The summed E-state index contributed by atoms with van der Waals surface area (Å²) in [6, 6.07) is 14.9. The van der Waals surface area contributed by atoms with E-state index in [1.165, 1.54) is 7.11 Å². The van der Waals surface area contributed by atoms with Gasteiger partial charge in [0.15, 0.2) is 0 Å². The number of nitrogens with one attached hydrogen (secondary N) is 2. The molecule has 1 heterocycles. The number of carbonyl (C=O) groups is 1. The molecule has 0 saturated carbocycles. The van der Waals surface area contributed by atoms with Gasteiger partial charge >= 0.3 is 13.5 Å². The highest BCUT2D eigenvalue weighted by atomic mass is 32.1. The Hall–Kier alpha value is -2.60. The van der Waals surface area contributed by atoms with E-state index >= 15 is 0 Å². The molecule has 0 radical (unpaired) electrons. The molecule has 1 aromatic heterocycles. The molecule has 2 aromatic carbocycles. The lowest BCUT2D eigenvalue weighted by Crippen LogP contribution is -2.17. The molecule has 6 nitrogen and oxygen atoms in total. The monoisotopic (exact) mass is 430 g/mol. The van der Waals surface area contributed by atoms with Crippen molar-refractivity contribution in [3.8, 4) is 10.4 Å². The Kier molecular flexibility index (Phi) is 6.13. The second-order valence-corrected chi connectivity index (χ2v) is 9.82. The largest absolute Gasteiger partial charge is 0.477 e. The first-order chi connectivity index (χ1) is 13.8. The molecule has 3 rings (SSSR count). The Morgan fingerprint density at radius 1 is 1.10 bits per heavy atom. The van der Waals surface area contributed by atoms with E-state index in [4.69, 9.17) is 4.52 Å². The van der Waals surface area contributed by atoms with Crippen molar-refractivity contribution in [3.05, 3.63) is 64.5 Å². The Bertz CT molecular complexity index is 1110. The molecule has 0 saturated heterocycles. The summed E-state index contributed by atoms with van der Waals surface area (Å²) in [4.78, 5) is 12.7. The fraction of sp³-hybridized carbons (Fsp3) is 0.190. The van der Waals surface area contributed by atoms with Gasteiger partial charge in [-0.1, -0.05) is 35.9 Å². The van der Waals surface area contributed by atoms with E-state index in [0.717, 1.165) is 38.6 Å². The van der Waals surface area contributed by atoms with Crippen LogP contribution in [0.1, 0.15) is 20.8 Å². The van der Waals surface area contributed by atoms with Crippen LogP contribution in [0.3, 0.4) is 0 Å². The Morgan fingerprint density at radius 3 is 2.45 bits per heavy atom. The molecular weight excluding hydrogens is 407 g/mol. The topological polar surface area (TPSA) is 87.7 Å². The van der Waals surface area contributed by atoms with Crippen LogP contribution in [0.2, 0.25) is 0 Å². The molecule has 0 aliphatic heterocycles. The van der Waals surface area contributed by atoms with Gasteiger partial charge in [-0.3, -0.25) is 4.57 Å². The molecule has 8 heteroatoms. The normalized spacial score (nSPS) is 13.0. The number of aromatic carboxylic acids is 1. The number of hydrogen-bond acceptors (Lipinski definition) is 5. The summed E-state index contributed by atoms with van der Waals surface area (Å²) in [6.45, 7) is 3.81. The maximum atomic E-state index is 13.6.